The summed E-state index contributed by atoms with van der Waals surface area (Å²) in [6, 6.07) is 9.36. The molecule has 2 aliphatic heterocycles. The van der Waals surface area contributed by atoms with Gasteiger partial charge in [-0.1, -0.05) is 23.2 Å². The Bertz CT molecular complexity index is 1700. The van der Waals surface area contributed by atoms with Crippen LogP contribution in [0.1, 0.15) is 11.1 Å². The molecule has 0 fully saturated rings. The van der Waals surface area contributed by atoms with Crippen molar-refractivity contribution in [1.82, 2.24) is 14.2 Å². The molecule has 5 rings (SSSR count). The van der Waals surface area contributed by atoms with E-state index in [1.165, 1.54) is 22.3 Å². The molecule has 0 bridgehead atoms. The summed E-state index contributed by atoms with van der Waals surface area (Å²) in [5, 5.41) is 4.05. The molecule has 0 saturated heterocycles. The standard InChI is InChI=1S/C23H16Cl2N4O4S2/c1-28-11-14-8-13-6-7-29(22(30)17(13)9-15(14)12-28)19-3-2-16(10-18(19)24)26-23(31)27-35(32,33)21-5-4-20(25)34-21/h2-3,6-10H,11-12H2,1H3,(H2,26,27,31). The third kappa shape index (κ3) is 4.66. The molecule has 0 unspecified atom stereocenters. The minimum atomic E-state index is -4.15. The molecule has 0 saturated carbocycles. The summed E-state index contributed by atoms with van der Waals surface area (Å²) in [7, 11) is -2.12. The molecule has 3 heterocycles. The highest BCUT2D eigenvalue weighted by atomic mass is 35.5. The highest BCUT2D eigenvalue weighted by molar-refractivity contribution is 8.21. The van der Waals surface area contributed by atoms with Crippen LogP contribution < -0.4 is 15.6 Å². The van der Waals surface area contributed by atoms with Gasteiger partial charge in [-0.3, -0.25) is 14.3 Å². The maximum atomic E-state index is 13.2. The second kappa shape index (κ2) is 8.93. The minimum absolute atomic E-state index is 0.105. The lowest BCUT2D eigenvalue weighted by Crippen LogP contribution is -2.34. The van der Waals surface area contributed by atoms with Crippen LogP contribution in [0.5, 0.6) is 0 Å². The number of sulfonamides is 1. The average Bonchev–Trinajstić information content (AvgIpc) is 3.38. The van der Waals surface area contributed by atoms with Crippen LogP contribution in [-0.2, 0) is 23.1 Å². The van der Waals surface area contributed by atoms with Gasteiger partial charge in [-0.05, 0) is 83.2 Å². The van der Waals surface area contributed by atoms with Crippen molar-refractivity contribution in [3.63, 3.8) is 0 Å². The summed E-state index contributed by atoms with van der Waals surface area (Å²) in [5.74, 6) is 0. The molecule has 2 amide bonds. The third-order valence-electron chi connectivity index (χ3n) is 5.49. The molecule has 8 nitrogen and oxygen atoms in total. The van der Waals surface area contributed by atoms with Crippen molar-refractivity contribution in [2.24, 2.45) is 0 Å². The Morgan fingerprint density at radius 1 is 1.09 bits per heavy atom. The lowest BCUT2D eigenvalue weighted by atomic mass is 10.0. The van der Waals surface area contributed by atoms with Crippen molar-refractivity contribution in [1.29, 1.82) is 0 Å². The van der Waals surface area contributed by atoms with Gasteiger partial charge in [0.25, 0.3) is 15.6 Å². The highest BCUT2D eigenvalue weighted by Gasteiger charge is 2.24. The monoisotopic (exact) mass is 546 g/mol. The van der Waals surface area contributed by atoms with Gasteiger partial charge < -0.3 is 5.32 Å². The number of urea groups is 1. The van der Waals surface area contributed by atoms with E-state index in [1.807, 2.05) is 30.0 Å². The number of hydrogen-bond donors (Lipinski definition) is 2. The van der Waals surface area contributed by atoms with Crippen molar-refractivity contribution < 1.29 is 13.2 Å². The van der Waals surface area contributed by atoms with E-state index < -0.39 is 16.1 Å². The van der Waals surface area contributed by atoms with Crippen LogP contribution in [0.15, 0.2) is 67.5 Å². The van der Waals surface area contributed by atoms with Gasteiger partial charge in [0.05, 0.1) is 10.7 Å². The van der Waals surface area contributed by atoms with Gasteiger partial charge in [0.2, 0.25) is 0 Å². The van der Waals surface area contributed by atoms with E-state index in [-0.39, 0.29) is 24.9 Å². The summed E-state index contributed by atoms with van der Waals surface area (Å²) in [4.78, 5) is 27.7. The molecular weight excluding hydrogens is 531 g/mol. The lowest BCUT2D eigenvalue weighted by Gasteiger charge is -2.13. The first-order chi connectivity index (χ1) is 16.6. The van der Waals surface area contributed by atoms with Crippen LogP contribution in [0.2, 0.25) is 5.02 Å². The summed E-state index contributed by atoms with van der Waals surface area (Å²) in [5.41, 5.74) is 7.56. The van der Waals surface area contributed by atoms with Gasteiger partial charge in [-0.15, -0.1) is 0 Å². The van der Waals surface area contributed by atoms with E-state index in [1.54, 1.807) is 12.3 Å². The molecule has 0 radical (unpaired) electrons. The number of pyridine rings is 1. The number of amides is 2. The third-order valence-corrected chi connectivity index (χ3v) is 8.64. The van der Waals surface area contributed by atoms with Crippen molar-refractivity contribution >= 4 is 67.5 Å². The van der Waals surface area contributed by atoms with Crippen molar-refractivity contribution in [2.45, 2.75) is 13.1 Å². The number of nitrogens with one attached hydrogen (secondary N) is 2. The largest absolute Gasteiger partial charge is 0.333 e. The molecule has 35 heavy (non-hydrogen) atoms. The molecule has 2 N–H and O–H groups in total. The fourth-order valence-electron chi connectivity index (χ4n) is 3.97. The molecule has 0 spiro atoms. The number of carbonyl (C=O) groups excluding carboxylic acids is 1. The van der Waals surface area contributed by atoms with Crippen LogP contribution in [0, 0.1) is 0 Å². The second-order valence-electron chi connectivity index (χ2n) is 8.01. The fourth-order valence-corrected chi connectivity index (χ4v) is 6.41. The Morgan fingerprint density at radius 3 is 2.51 bits per heavy atom. The Morgan fingerprint density at radius 2 is 1.83 bits per heavy atom. The summed E-state index contributed by atoms with van der Waals surface area (Å²) < 4.78 is 27.7. The molecule has 0 aliphatic carbocycles. The Kier molecular flexibility index (Phi) is 6.07. The normalized spacial score (nSPS) is 15.2. The van der Waals surface area contributed by atoms with E-state index >= 15 is 0 Å². The molecule has 178 valence electrons. The molecule has 2 aromatic carbocycles. The number of halogens is 2. The van der Waals surface area contributed by atoms with E-state index in [0.29, 0.717) is 11.1 Å². The molecular formula is C23H16Cl2N4O4S2. The number of hydrogen-bond acceptors (Lipinski definition) is 6. The van der Waals surface area contributed by atoms with Crippen LogP contribution in [0.25, 0.3) is 16.5 Å². The van der Waals surface area contributed by atoms with Gasteiger partial charge in [0.15, 0.2) is 4.24 Å². The van der Waals surface area contributed by atoms with Crippen LogP contribution in [0.4, 0.5) is 10.5 Å². The molecule has 1 aromatic heterocycles. The zero-order valence-electron chi connectivity index (χ0n) is 18.1. The number of rotatable bonds is 4. The van der Waals surface area contributed by atoms with E-state index in [4.69, 9.17) is 23.2 Å². The number of fused-ring (bicyclic) bond motifs is 2. The topological polar surface area (TPSA) is 101 Å². The maximum Gasteiger partial charge on any atom is 0.333 e. The first-order valence-electron chi connectivity index (χ1n) is 10.2. The summed E-state index contributed by atoms with van der Waals surface area (Å²) >= 11 is 12.8. The predicted octanol–water partition coefficient (Wildman–Crippen LogP) is 4.46. The van der Waals surface area contributed by atoms with Crippen LogP contribution >= 0.6 is 35.0 Å². The number of nitrogens with zero attached hydrogens (tertiary/aromatic N) is 2. The smallest absolute Gasteiger partial charge is 0.307 e. The van der Waals surface area contributed by atoms with Gasteiger partial charge in [-0.25, -0.2) is 9.52 Å². The number of thioether (sulfide) groups is 1. The first kappa shape index (κ1) is 23.8. The zero-order chi connectivity index (χ0) is 24.9. The van der Waals surface area contributed by atoms with Crippen LogP contribution in [-0.4, -0.2) is 31.0 Å². The molecule has 0 atom stereocenters. The molecule has 2 aliphatic rings. The Labute approximate surface area is 214 Å². The Hall–Kier alpha value is -2.94. The van der Waals surface area contributed by atoms with Crippen molar-refractivity contribution in [2.75, 3.05) is 12.4 Å². The number of anilines is 1. The zero-order valence-corrected chi connectivity index (χ0v) is 21.2. The Balaban J connectivity index is 1.39. The number of benzene rings is 2. The fraction of sp³-hybridized carbons (Fsp3) is 0.130. The number of carbonyl (C=O) groups is 1. The van der Waals surface area contributed by atoms with Gasteiger partial charge in [-0.2, -0.15) is 8.42 Å². The highest BCUT2D eigenvalue weighted by Crippen LogP contribution is 2.33. The maximum absolute atomic E-state index is 13.2. The van der Waals surface area contributed by atoms with Gasteiger partial charge in [0.1, 0.15) is 4.36 Å². The van der Waals surface area contributed by atoms with E-state index in [9.17, 15) is 18.0 Å². The van der Waals surface area contributed by atoms with E-state index in [2.05, 4.69) is 21.7 Å². The molecule has 3 aromatic rings. The SMILES string of the molecule is CN1Cc2cc3ccn(-c4ccc(NC(=O)NS(=O)(=O)C5=C=C=C(Cl)S5)cc4Cl)c(=O)c3cc2C1. The predicted molar refractivity (Wildman–Crippen MR) is 138 cm³/mol. The van der Waals surface area contributed by atoms with Gasteiger partial charge >= 0.3 is 6.03 Å². The lowest BCUT2D eigenvalue weighted by molar-refractivity contribution is 0.256. The van der Waals surface area contributed by atoms with Crippen molar-refractivity contribution in [3.05, 3.63) is 89.2 Å². The molecule has 12 heteroatoms. The summed E-state index contributed by atoms with van der Waals surface area (Å²) in [6.07, 6.45) is 1.66. The average molecular weight is 547 g/mol. The second-order valence-corrected chi connectivity index (χ2v) is 11.9. The number of aromatic nitrogens is 1. The first-order valence-corrected chi connectivity index (χ1v) is 13.2. The van der Waals surface area contributed by atoms with Crippen LogP contribution in [0.3, 0.4) is 0 Å². The van der Waals surface area contributed by atoms with Crippen molar-refractivity contribution in [3.8, 4) is 5.69 Å². The van der Waals surface area contributed by atoms with E-state index in [0.717, 1.165) is 35.8 Å². The minimum Gasteiger partial charge on any atom is -0.307 e. The summed E-state index contributed by atoms with van der Waals surface area (Å²) in [6.45, 7) is 1.63. The van der Waals surface area contributed by atoms with Gasteiger partial charge in [0, 0.05) is 30.4 Å². The quantitative estimate of drug-likeness (QED) is 0.468.